The minimum Gasteiger partial charge on any atom is -0.467 e. The molecule has 0 radical (unpaired) electrons. The Labute approximate surface area is 211 Å². The molecule has 0 aliphatic carbocycles. The standard InChI is InChI=1S/C25H36N4O5S/c1-15(2)19(28-24(32)34-14-17-11-9-8-10-12-17)21-29-25(5,6)23(35-21)26-13-18(30)27-20(16(3)4)22(31)33-7/h8-12,15-16,19-20H,13-14H2,1-7H3,(H,27,30)(H,28,32)/t19-,20-/m0/s1. The van der Waals surface area contributed by atoms with Gasteiger partial charge in [0.15, 0.2) is 0 Å². The van der Waals surface area contributed by atoms with Crippen molar-refractivity contribution in [3.8, 4) is 0 Å². The van der Waals surface area contributed by atoms with Crippen LogP contribution in [0.5, 0.6) is 0 Å². The summed E-state index contributed by atoms with van der Waals surface area (Å²) in [6.07, 6.45) is -0.527. The number of aliphatic imine (C=N–C) groups is 2. The summed E-state index contributed by atoms with van der Waals surface area (Å²) < 4.78 is 10.1. The maximum atomic E-state index is 12.5. The molecule has 1 aromatic rings. The van der Waals surface area contributed by atoms with E-state index in [4.69, 9.17) is 14.5 Å². The number of hydrogen-bond acceptors (Lipinski definition) is 8. The van der Waals surface area contributed by atoms with Gasteiger partial charge in [-0.15, -0.1) is 0 Å². The molecule has 10 heteroatoms. The number of benzene rings is 1. The van der Waals surface area contributed by atoms with Crippen LogP contribution in [0.3, 0.4) is 0 Å². The summed E-state index contributed by atoms with van der Waals surface area (Å²) in [5.41, 5.74) is 0.250. The van der Waals surface area contributed by atoms with Crippen molar-refractivity contribution in [1.29, 1.82) is 0 Å². The topological polar surface area (TPSA) is 118 Å². The zero-order valence-electron chi connectivity index (χ0n) is 21.5. The van der Waals surface area contributed by atoms with E-state index in [2.05, 4.69) is 15.6 Å². The van der Waals surface area contributed by atoms with Crippen LogP contribution in [0, 0.1) is 11.8 Å². The average molecular weight is 505 g/mol. The molecule has 0 saturated heterocycles. The normalized spacial score (nSPS) is 17.6. The maximum absolute atomic E-state index is 12.5. The molecule has 2 amide bonds. The van der Waals surface area contributed by atoms with E-state index in [9.17, 15) is 14.4 Å². The van der Waals surface area contributed by atoms with Gasteiger partial charge in [-0.25, -0.2) is 9.59 Å². The smallest absolute Gasteiger partial charge is 0.408 e. The minimum absolute atomic E-state index is 0.0517. The number of rotatable bonds is 10. The van der Waals surface area contributed by atoms with E-state index >= 15 is 0 Å². The first-order valence-electron chi connectivity index (χ1n) is 11.6. The number of esters is 1. The lowest BCUT2D eigenvalue weighted by Crippen LogP contribution is -2.46. The zero-order valence-corrected chi connectivity index (χ0v) is 22.3. The van der Waals surface area contributed by atoms with Gasteiger partial charge in [0.05, 0.1) is 18.2 Å². The third kappa shape index (κ3) is 8.38. The van der Waals surface area contributed by atoms with Crippen LogP contribution in [0.1, 0.15) is 47.1 Å². The lowest BCUT2D eigenvalue weighted by Gasteiger charge is -2.21. The summed E-state index contributed by atoms with van der Waals surface area (Å²) in [5.74, 6) is -0.941. The van der Waals surface area contributed by atoms with Gasteiger partial charge in [-0.1, -0.05) is 69.8 Å². The van der Waals surface area contributed by atoms with Gasteiger partial charge in [-0.3, -0.25) is 14.8 Å². The highest BCUT2D eigenvalue weighted by Gasteiger charge is 2.38. The number of carbonyl (C=O) groups excluding carboxylic acids is 3. The SMILES string of the molecule is COC(=O)[C@@H](NC(=O)CN=C1SC([C@@H](NC(=O)OCc2ccccc2)C(C)C)=NC1(C)C)C(C)C. The van der Waals surface area contributed by atoms with Gasteiger partial charge in [0.25, 0.3) is 0 Å². The maximum Gasteiger partial charge on any atom is 0.408 e. The van der Waals surface area contributed by atoms with Gasteiger partial charge < -0.3 is 20.1 Å². The molecule has 1 aromatic carbocycles. The van der Waals surface area contributed by atoms with Crippen LogP contribution >= 0.6 is 11.8 Å². The van der Waals surface area contributed by atoms with E-state index in [-0.39, 0.29) is 36.9 Å². The Morgan fingerprint density at radius 3 is 2.29 bits per heavy atom. The van der Waals surface area contributed by atoms with Gasteiger partial charge in [0.2, 0.25) is 5.91 Å². The molecule has 0 spiro atoms. The van der Waals surface area contributed by atoms with E-state index in [1.807, 2.05) is 71.9 Å². The van der Waals surface area contributed by atoms with Crippen molar-refractivity contribution in [3.05, 3.63) is 35.9 Å². The Balaban J connectivity index is 2.02. The fourth-order valence-electron chi connectivity index (χ4n) is 3.32. The largest absolute Gasteiger partial charge is 0.467 e. The van der Waals surface area contributed by atoms with Crippen molar-refractivity contribution < 1.29 is 23.9 Å². The molecule has 0 saturated carbocycles. The Kier molecular flexibility index (Phi) is 10.3. The highest BCUT2D eigenvalue weighted by Crippen LogP contribution is 2.33. The van der Waals surface area contributed by atoms with Gasteiger partial charge in [-0.05, 0) is 31.2 Å². The molecule has 2 N–H and O–H groups in total. The van der Waals surface area contributed by atoms with Crippen LogP contribution in [-0.2, 0) is 25.7 Å². The first-order valence-corrected chi connectivity index (χ1v) is 12.4. The van der Waals surface area contributed by atoms with Gasteiger partial charge in [-0.2, -0.15) is 0 Å². The molecule has 9 nitrogen and oxygen atoms in total. The Morgan fingerprint density at radius 2 is 1.71 bits per heavy atom. The summed E-state index contributed by atoms with van der Waals surface area (Å²) in [6.45, 7) is 11.5. The molecular formula is C25H36N4O5S. The third-order valence-corrected chi connectivity index (χ3v) is 6.71. The summed E-state index contributed by atoms with van der Waals surface area (Å²) in [7, 11) is 1.29. The number of carbonyl (C=O) groups is 3. The number of alkyl carbamates (subject to hydrolysis) is 1. The van der Waals surface area contributed by atoms with Gasteiger partial charge >= 0.3 is 12.1 Å². The molecule has 1 aliphatic heterocycles. The average Bonchev–Trinajstić information content (AvgIpc) is 3.11. The number of nitrogens with zero attached hydrogens (tertiary/aromatic N) is 2. The number of nitrogens with one attached hydrogen (secondary N) is 2. The van der Waals surface area contributed by atoms with Crippen molar-refractivity contribution in [3.63, 3.8) is 0 Å². The van der Waals surface area contributed by atoms with Crippen molar-refractivity contribution in [2.24, 2.45) is 21.8 Å². The van der Waals surface area contributed by atoms with Crippen molar-refractivity contribution in [1.82, 2.24) is 10.6 Å². The lowest BCUT2D eigenvalue weighted by molar-refractivity contribution is -0.146. The minimum atomic E-state index is -0.736. The fraction of sp³-hybridized carbons (Fsp3) is 0.560. The molecule has 35 heavy (non-hydrogen) atoms. The first-order chi connectivity index (χ1) is 16.4. The predicted molar refractivity (Wildman–Crippen MR) is 139 cm³/mol. The number of amides is 2. The molecule has 1 aliphatic rings. The molecule has 192 valence electrons. The van der Waals surface area contributed by atoms with E-state index in [1.165, 1.54) is 18.9 Å². The highest BCUT2D eigenvalue weighted by atomic mass is 32.2. The van der Waals surface area contributed by atoms with E-state index in [1.54, 1.807) is 0 Å². The monoisotopic (exact) mass is 504 g/mol. The second kappa shape index (κ2) is 12.7. The summed E-state index contributed by atoms with van der Waals surface area (Å²) in [6, 6.07) is 8.35. The van der Waals surface area contributed by atoms with E-state index < -0.39 is 23.6 Å². The van der Waals surface area contributed by atoms with Crippen LogP contribution < -0.4 is 10.6 Å². The summed E-state index contributed by atoms with van der Waals surface area (Å²) in [5, 5.41) is 6.96. The zero-order chi connectivity index (χ0) is 26.2. The fourth-order valence-corrected chi connectivity index (χ4v) is 4.68. The number of ether oxygens (including phenoxy) is 2. The highest BCUT2D eigenvalue weighted by molar-refractivity contribution is 8.27. The molecular weight excluding hydrogens is 468 g/mol. The number of thioether (sulfide) groups is 1. The van der Waals surface area contributed by atoms with Crippen LogP contribution in [0.2, 0.25) is 0 Å². The number of hydrogen-bond donors (Lipinski definition) is 2. The van der Waals surface area contributed by atoms with Gasteiger partial charge in [0, 0.05) is 0 Å². The molecule has 0 unspecified atom stereocenters. The Hall–Kier alpha value is -2.88. The van der Waals surface area contributed by atoms with E-state index in [0.717, 1.165) is 5.56 Å². The summed E-state index contributed by atoms with van der Waals surface area (Å²) >= 11 is 1.35. The Morgan fingerprint density at radius 1 is 1.06 bits per heavy atom. The van der Waals surface area contributed by atoms with Crippen molar-refractivity contribution in [2.45, 2.75) is 65.8 Å². The molecule has 0 fully saturated rings. The second-order valence-corrected chi connectivity index (χ2v) is 10.5. The van der Waals surface area contributed by atoms with Gasteiger partial charge in [0.1, 0.15) is 29.8 Å². The first kappa shape index (κ1) is 28.4. The molecule has 0 bridgehead atoms. The summed E-state index contributed by atoms with van der Waals surface area (Å²) in [4.78, 5) is 46.1. The van der Waals surface area contributed by atoms with Crippen LogP contribution in [0.4, 0.5) is 4.79 Å². The molecule has 2 rings (SSSR count). The second-order valence-electron chi connectivity index (χ2n) is 9.47. The molecule has 1 heterocycles. The van der Waals surface area contributed by atoms with Crippen molar-refractivity contribution >= 4 is 39.8 Å². The third-order valence-electron chi connectivity index (χ3n) is 5.34. The molecule has 2 atom stereocenters. The Bertz CT molecular complexity index is 960. The predicted octanol–water partition coefficient (Wildman–Crippen LogP) is 3.57. The van der Waals surface area contributed by atoms with Crippen LogP contribution in [0.15, 0.2) is 40.3 Å². The van der Waals surface area contributed by atoms with E-state index in [0.29, 0.717) is 10.1 Å². The lowest BCUT2D eigenvalue weighted by atomic mass is 10.0. The van der Waals surface area contributed by atoms with Crippen LogP contribution in [-0.4, -0.2) is 59.3 Å². The molecule has 0 aromatic heterocycles. The quantitative estimate of drug-likeness (QED) is 0.470. The van der Waals surface area contributed by atoms with Crippen molar-refractivity contribution in [2.75, 3.05) is 13.7 Å². The number of methoxy groups -OCH3 is 1. The van der Waals surface area contributed by atoms with Crippen LogP contribution in [0.25, 0.3) is 0 Å².